The minimum absolute atomic E-state index is 0.0732. The molecule has 3 N–H and O–H groups in total. The minimum Gasteiger partial charge on any atom is -0.480 e. The SMILES string of the molecule is CC(C)C[C@H](NC(=O)[C@H](Cc1ccccc1)NC(=O)OCC1c2ccccc2-c2ccccc21)C(=O)O. The van der Waals surface area contributed by atoms with E-state index in [2.05, 4.69) is 22.8 Å². The molecule has 0 aromatic heterocycles. The maximum Gasteiger partial charge on any atom is 0.407 e. The summed E-state index contributed by atoms with van der Waals surface area (Å²) in [5, 5.41) is 14.8. The van der Waals surface area contributed by atoms with Crippen LogP contribution in [0.4, 0.5) is 4.79 Å². The lowest BCUT2D eigenvalue weighted by molar-refractivity contribution is -0.142. The first kappa shape index (κ1) is 25.9. The fourth-order valence-corrected chi connectivity index (χ4v) is 4.81. The predicted octanol–water partition coefficient (Wildman–Crippen LogP) is 4.75. The summed E-state index contributed by atoms with van der Waals surface area (Å²) in [5.74, 6) is -1.71. The Bertz CT molecular complexity index is 1210. The number of rotatable bonds is 10. The first-order valence-electron chi connectivity index (χ1n) is 12.5. The summed E-state index contributed by atoms with van der Waals surface area (Å²) in [6.45, 7) is 3.89. The Morgan fingerprint density at radius 2 is 1.38 bits per heavy atom. The second-order valence-corrected chi connectivity index (χ2v) is 9.74. The van der Waals surface area contributed by atoms with Crippen molar-refractivity contribution in [1.29, 1.82) is 0 Å². The number of hydrogen-bond acceptors (Lipinski definition) is 4. The van der Waals surface area contributed by atoms with Crippen LogP contribution in [0.5, 0.6) is 0 Å². The number of carboxylic acids is 1. The Morgan fingerprint density at radius 1 is 0.811 bits per heavy atom. The monoisotopic (exact) mass is 500 g/mol. The summed E-state index contributed by atoms with van der Waals surface area (Å²) in [4.78, 5) is 37.7. The van der Waals surface area contributed by atoms with Crippen LogP contribution < -0.4 is 10.6 Å². The first-order chi connectivity index (χ1) is 17.8. The molecular weight excluding hydrogens is 468 g/mol. The number of amides is 2. The number of hydrogen-bond donors (Lipinski definition) is 3. The van der Waals surface area contributed by atoms with Crippen molar-refractivity contribution >= 4 is 18.0 Å². The van der Waals surface area contributed by atoms with Gasteiger partial charge in [-0.1, -0.05) is 92.7 Å². The Morgan fingerprint density at radius 3 is 1.95 bits per heavy atom. The summed E-state index contributed by atoms with van der Waals surface area (Å²) in [6, 6.07) is 23.3. The van der Waals surface area contributed by atoms with Gasteiger partial charge in [-0.15, -0.1) is 0 Å². The topological polar surface area (TPSA) is 105 Å². The van der Waals surface area contributed by atoms with Crippen LogP contribution in [0.3, 0.4) is 0 Å². The van der Waals surface area contributed by atoms with Gasteiger partial charge < -0.3 is 20.5 Å². The minimum atomic E-state index is -1.11. The van der Waals surface area contributed by atoms with Crippen molar-refractivity contribution in [2.75, 3.05) is 6.61 Å². The molecule has 2 amide bonds. The van der Waals surface area contributed by atoms with Crippen LogP contribution in [0.2, 0.25) is 0 Å². The van der Waals surface area contributed by atoms with Crippen LogP contribution in [0, 0.1) is 5.92 Å². The first-order valence-corrected chi connectivity index (χ1v) is 12.5. The van der Waals surface area contributed by atoms with Crippen LogP contribution in [-0.4, -0.2) is 41.8 Å². The number of fused-ring (bicyclic) bond motifs is 3. The molecular formula is C30H32N2O5. The summed E-state index contributed by atoms with van der Waals surface area (Å²) < 4.78 is 5.63. The number of benzene rings is 3. The number of aliphatic carboxylic acids is 1. The fourth-order valence-electron chi connectivity index (χ4n) is 4.81. The molecule has 4 rings (SSSR count). The van der Waals surface area contributed by atoms with E-state index in [4.69, 9.17) is 4.74 Å². The molecule has 3 aromatic carbocycles. The van der Waals surface area contributed by atoms with Crippen LogP contribution in [0.25, 0.3) is 11.1 Å². The molecule has 2 atom stereocenters. The maximum absolute atomic E-state index is 13.1. The van der Waals surface area contributed by atoms with Gasteiger partial charge in [0, 0.05) is 12.3 Å². The van der Waals surface area contributed by atoms with E-state index in [1.165, 1.54) is 0 Å². The summed E-state index contributed by atoms with van der Waals surface area (Å²) in [5.41, 5.74) is 5.26. The van der Waals surface area contributed by atoms with Gasteiger partial charge in [-0.3, -0.25) is 4.79 Å². The van der Waals surface area contributed by atoms with Crippen LogP contribution in [0.1, 0.15) is 42.9 Å². The van der Waals surface area contributed by atoms with Crippen molar-refractivity contribution in [3.05, 3.63) is 95.6 Å². The van der Waals surface area contributed by atoms with E-state index in [9.17, 15) is 19.5 Å². The molecule has 0 radical (unpaired) electrons. The van der Waals surface area contributed by atoms with Crippen molar-refractivity contribution in [2.24, 2.45) is 5.92 Å². The fraction of sp³-hybridized carbons (Fsp3) is 0.300. The molecule has 37 heavy (non-hydrogen) atoms. The highest BCUT2D eigenvalue weighted by molar-refractivity contribution is 5.89. The molecule has 0 saturated heterocycles. The highest BCUT2D eigenvalue weighted by atomic mass is 16.5. The molecule has 0 aliphatic heterocycles. The molecule has 1 aliphatic carbocycles. The van der Waals surface area contributed by atoms with Gasteiger partial charge in [0.05, 0.1) is 0 Å². The van der Waals surface area contributed by atoms with E-state index in [1.54, 1.807) is 0 Å². The lowest BCUT2D eigenvalue weighted by atomic mass is 9.98. The normalized spacial score (nSPS) is 13.8. The summed E-state index contributed by atoms with van der Waals surface area (Å²) in [7, 11) is 0. The molecule has 0 spiro atoms. The lowest BCUT2D eigenvalue weighted by Gasteiger charge is -2.23. The molecule has 0 bridgehead atoms. The van der Waals surface area contributed by atoms with Gasteiger partial charge in [0.15, 0.2) is 0 Å². The number of alkyl carbamates (subject to hydrolysis) is 1. The van der Waals surface area contributed by atoms with Crippen LogP contribution in [-0.2, 0) is 20.7 Å². The van der Waals surface area contributed by atoms with E-state index in [0.29, 0.717) is 0 Å². The molecule has 0 saturated carbocycles. The van der Waals surface area contributed by atoms with Crippen molar-refractivity contribution in [1.82, 2.24) is 10.6 Å². The quantitative estimate of drug-likeness (QED) is 0.373. The van der Waals surface area contributed by atoms with Crippen molar-refractivity contribution < 1.29 is 24.2 Å². The Hall–Kier alpha value is -4.13. The molecule has 0 fully saturated rings. The van der Waals surface area contributed by atoms with Gasteiger partial charge >= 0.3 is 12.1 Å². The zero-order chi connectivity index (χ0) is 26.4. The summed E-state index contributed by atoms with van der Waals surface area (Å²) >= 11 is 0. The standard InChI is InChI=1S/C30H32N2O5/c1-19(2)16-27(29(34)35)31-28(33)26(17-20-10-4-3-5-11-20)32-30(36)37-18-25-23-14-8-6-12-21(23)22-13-7-9-15-24(22)25/h3-15,19,25-27H,16-18H2,1-2H3,(H,31,33)(H,32,36)(H,34,35)/t26-,27-/m0/s1. The molecule has 7 nitrogen and oxygen atoms in total. The Labute approximate surface area is 216 Å². The van der Waals surface area contributed by atoms with E-state index in [-0.39, 0.29) is 31.3 Å². The van der Waals surface area contributed by atoms with Gasteiger partial charge in [-0.25, -0.2) is 9.59 Å². The van der Waals surface area contributed by atoms with Gasteiger partial charge in [-0.2, -0.15) is 0 Å². The number of ether oxygens (including phenoxy) is 1. The number of nitrogens with one attached hydrogen (secondary N) is 2. The zero-order valence-electron chi connectivity index (χ0n) is 21.0. The molecule has 0 heterocycles. The van der Waals surface area contributed by atoms with Gasteiger partial charge in [0.2, 0.25) is 5.91 Å². The van der Waals surface area contributed by atoms with Gasteiger partial charge in [0.1, 0.15) is 18.7 Å². The van der Waals surface area contributed by atoms with E-state index in [1.807, 2.05) is 80.6 Å². The Balaban J connectivity index is 1.46. The highest BCUT2D eigenvalue weighted by Gasteiger charge is 2.31. The molecule has 1 aliphatic rings. The molecule has 0 unspecified atom stereocenters. The average Bonchev–Trinajstić information content (AvgIpc) is 3.20. The van der Waals surface area contributed by atoms with E-state index < -0.39 is 30.1 Å². The zero-order valence-corrected chi connectivity index (χ0v) is 21.0. The second kappa shape index (κ2) is 11.7. The highest BCUT2D eigenvalue weighted by Crippen LogP contribution is 2.44. The average molecular weight is 501 g/mol. The van der Waals surface area contributed by atoms with Crippen molar-refractivity contribution in [3.63, 3.8) is 0 Å². The van der Waals surface area contributed by atoms with Crippen molar-refractivity contribution in [3.8, 4) is 11.1 Å². The van der Waals surface area contributed by atoms with Crippen LogP contribution in [0.15, 0.2) is 78.9 Å². The second-order valence-electron chi connectivity index (χ2n) is 9.74. The largest absolute Gasteiger partial charge is 0.480 e. The van der Waals surface area contributed by atoms with Gasteiger partial charge in [0.25, 0.3) is 0 Å². The smallest absolute Gasteiger partial charge is 0.407 e. The third-order valence-electron chi connectivity index (χ3n) is 6.56. The molecule has 192 valence electrons. The number of carbonyl (C=O) groups excluding carboxylic acids is 2. The maximum atomic E-state index is 13.1. The Kier molecular flexibility index (Phi) is 8.23. The van der Waals surface area contributed by atoms with E-state index in [0.717, 1.165) is 27.8 Å². The van der Waals surface area contributed by atoms with Crippen molar-refractivity contribution in [2.45, 2.75) is 44.7 Å². The van der Waals surface area contributed by atoms with E-state index >= 15 is 0 Å². The lowest BCUT2D eigenvalue weighted by Crippen LogP contribution is -2.53. The van der Waals surface area contributed by atoms with Crippen LogP contribution >= 0.6 is 0 Å². The van der Waals surface area contributed by atoms with Gasteiger partial charge in [-0.05, 0) is 40.2 Å². The third kappa shape index (κ3) is 6.36. The molecule has 3 aromatic rings. The predicted molar refractivity (Wildman–Crippen MR) is 141 cm³/mol. The number of carboxylic acid groups (broad SMARTS) is 1. The number of carbonyl (C=O) groups is 3. The summed E-state index contributed by atoms with van der Waals surface area (Å²) in [6.07, 6.45) is -0.247. The molecule has 7 heteroatoms. The third-order valence-corrected chi connectivity index (χ3v) is 6.56.